The molecule has 2 aromatic carbocycles. The van der Waals surface area contributed by atoms with Gasteiger partial charge in [0.1, 0.15) is 0 Å². The number of nitrogens with zero attached hydrogens (tertiary/aromatic N) is 1. The van der Waals surface area contributed by atoms with E-state index in [1.165, 1.54) is 6.92 Å². The second-order valence-electron chi connectivity index (χ2n) is 5.06. The highest BCUT2D eigenvalue weighted by Crippen LogP contribution is 2.13. The molecule has 0 atom stereocenters. The van der Waals surface area contributed by atoms with Crippen molar-refractivity contribution < 1.29 is 9.59 Å². The molecule has 0 aromatic heterocycles. The van der Waals surface area contributed by atoms with Crippen LogP contribution in [0.4, 0.5) is 5.69 Å². The van der Waals surface area contributed by atoms with Gasteiger partial charge < -0.3 is 10.2 Å². The maximum absolute atomic E-state index is 12.6. The lowest BCUT2D eigenvalue weighted by atomic mass is 10.1. The topological polar surface area (TPSA) is 49.4 Å². The lowest BCUT2D eigenvalue weighted by molar-refractivity contribution is -0.114. The lowest BCUT2D eigenvalue weighted by Gasteiger charge is -2.21. The summed E-state index contributed by atoms with van der Waals surface area (Å²) in [5.74, 6) is -0.140. The van der Waals surface area contributed by atoms with E-state index in [1.807, 2.05) is 37.3 Å². The molecule has 0 spiro atoms. The summed E-state index contributed by atoms with van der Waals surface area (Å²) in [5.41, 5.74) is 2.41. The average molecular weight is 296 g/mol. The SMILES string of the molecule is CCN(Cc1ccccc1)C(=O)c1ccc(NC(C)=O)cc1. The maximum Gasteiger partial charge on any atom is 0.254 e. The van der Waals surface area contributed by atoms with Gasteiger partial charge in [0.2, 0.25) is 5.91 Å². The van der Waals surface area contributed by atoms with Gasteiger partial charge in [-0.25, -0.2) is 0 Å². The highest BCUT2D eigenvalue weighted by Gasteiger charge is 2.14. The molecule has 4 heteroatoms. The lowest BCUT2D eigenvalue weighted by Crippen LogP contribution is -2.30. The predicted molar refractivity (Wildman–Crippen MR) is 87.6 cm³/mol. The van der Waals surface area contributed by atoms with E-state index in [0.717, 1.165) is 5.56 Å². The molecule has 22 heavy (non-hydrogen) atoms. The van der Waals surface area contributed by atoms with E-state index in [1.54, 1.807) is 29.2 Å². The van der Waals surface area contributed by atoms with Crippen LogP contribution >= 0.6 is 0 Å². The number of benzene rings is 2. The molecule has 2 amide bonds. The first kappa shape index (κ1) is 15.8. The van der Waals surface area contributed by atoms with E-state index >= 15 is 0 Å². The van der Waals surface area contributed by atoms with Crippen molar-refractivity contribution in [2.45, 2.75) is 20.4 Å². The van der Waals surface area contributed by atoms with Gasteiger partial charge in [0, 0.05) is 31.3 Å². The molecule has 0 heterocycles. The fourth-order valence-electron chi connectivity index (χ4n) is 2.21. The van der Waals surface area contributed by atoms with Gasteiger partial charge in [0.05, 0.1) is 0 Å². The number of carbonyl (C=O) groups excluding carboxylic acids is 2. The minimum atomic E-state index is -0.127. The van der Waals surface area contributed by atoms with Crippen LogP contribution in [0.25, 0.3) is 0 Å². The fraction of sp³-hybridized carbons (Fsp3) is 0.222. The first-order valence-corrected chi connectivity index (χ1v) is 7.31. The van der Waals surface area contributed by atoms with Crippen molar-refractivity contribution in [2.24, 2.45) is 0 Å². The summed E-state index contributed by atoms with van der Waals surface area (Å²) >= 11 is 0. The summed E-state index contributed by atoms with van der Waals surface area (Å²) in [6, 6.07) is 16.9. The summed E-state index contributed by atoms with van der Waals surface area (Å²) in [4.78, 5) is 25.4. The third-order valence-electron chi connectivity index (χ3n) is 3.34. The summed E-state index contributed by atoms with van der Waals surface area (Å²) in [6.45, 7) is 4.65. The zero-order valence-corrected chi connectivity index (χ0v) is 12.9. The van der Waals surface area contributed by atoms with Gasteiger partial charge in [-0.15, -0.1) is 0 Å². The number of amides is 2. The Balaban J connectivity index is 2.09. The molecule has 2 aromatic rings. The maximum atomic E-state index is 12.6. The van der Waals surface area contributed by atoms with E-state index in [4.69, 9.17) is 0 Å². The molecule has 0 saturated carbocycles. The van der Waals surface area contributed by atoms with Crippen molar-refractivity contribution >= 4 is 17.5 Å². The molecule has 114 valence electrons. The van der Waals surface area contributed by atoms with E-state index in [-0.39, 0.29) is 11.8 Å². The Labute approximate surface area is 130 Å². The van der Waals surface area contributed by atoms with E-state index < -0.39 is 0 Å². The van der Waals surface area contributed by atoms with Crippen LogP contribution in [0.3, 0.4) is 0 Å². The van der Waals surface area contributed by atoms with Crippen LogP contribution in [0.2, 0.25) is 0 Å². The molecule has 0 radical (unpaired) electrons. The van der Waals surface area contributed by atoms with Crippen molar-refractivity contribution in [3.63, 3.8) is 0 Å². The molecule has 0 bridgehead atoms. The van der Waals surface area contributed by atoms with Gasteiger partial charge in [-0.3, -0.25) is 9.59 Å². The van der Waals surface area contributed by atoms with Gasteiger partial charge in [-0.1, -0.05) is 30.3 Å². The fourth-order valence-corrected chi connectivity index (χ4v) is 2.21. The first-order chi connectivity index (χ1) is 10.6. The third kappa shape index (κ3) is 4.19. The van der Waals surface area contributed by atoms with Gasteiger partial charge in [0.15, 0.2) is 0 Å². The van der Waals surface area contributed by atoms with Crippen molar-refractivity contribution in [2.75, 3.05) is 11.9 Å². The zero-order chi connectivity index (χ0) is 15.9. The largest absolute Gasteiger partial charge is 0.335 e. The Kier molecular flexibility index (Phi) is 5.31. The molecule has 4 nitrogen and oxygen atoms in total. The molecular weight excluding hydrogens is 276 g/mol. The van der Waals surface area contributed by atoms with Gasteiger partial charge in [0.25, 0.3) is 5.91 Å². The molecule has 0 aliphatic rings. The van der Waals surface area contributed by atoms with Gasteiger partial charge >= 0.3 is 0 Å². The number of carbonyl (C=O) groups is 2. The Morgan fingerprint density at radius 2 is 1.64 bits per heavy atom. The second kappa shape index (κ2) is 7.41. The van der Waals surface area contributed by atoms with Crippen LogP contribution in [0, 0.1) is 0 Å². The van der Waals surface area contributed by atoms with Gasteiger partial charge in [-0.2, -0.15) is 0 Å². The summed E-state index contributed by atoms with van der Waals surface area (Å²) < 4.78 is 0. The van der Waals surface area contributed by atoms with Crippen LogP contribution in [-0.2, 0) is 11.3 Å². The van der Waals surface area contributed by atoms with Crippen LogP contribution in [-0.4, -0.2) is 23.3 Å². The third-order valence-corrected chi connectivity index (χ3v) is 3.34. The Morgan fingerprint density at radius 1 is 1.00 bits per heavy atom. The average Bonchev–Trinajstić information content (AvgIpc) is 2.53. The van der Waals surface area contributed by atoms with Crippen molar-refractivity contribution in [1.29, 1.82) is 0 Å². The van der Waals surface area contributed by atoms with Gasteiger partial charge in [-0.05, 0) is 36.8 Å². The van der Waals surface area contributed by atoms with Crippen molar-refractivity contribution in [1.82, 2.24) is 4.90 Å². The minimum absolute atomic E-state index is 0.0132. The first-order valence-electron chi connectivity index (χ1n) is 7.31. The van der Waals surface area contributed by atoms with Crippen LogP contribution < -0.4 is 5.32 Å². The summed E-state index contributed by atoms with van der Waals surface area (Å²) in [6.07, 6.45) is 0. The quantitative estimate of drug-likeness (QED) is 0.920. The minimum Gasteiger partial charge on any atom is -0.335 e. The predicted octanol–water partition coefficient (Wildman–Crippen LogP) is 3.31. The Hall–Kier alpha value is -2.62. The van der Waals surface area contributed by atoms with Crippen LogP contribution in [0.5, 0.6) is 0 Å². The molecule has 0 aliphatic carbocycles. The molecule has 2 rings (SSSR count). The zero-order valence-electron chi connectivity index (χ0n) is 12.9. The molecule has 0 saturated heterocycles. The number of hydrogen-bond donors (Lipinski definition) is 1. The molecular formula is C18H20N2O2. The molecule has 0 aliphatic heterocycles. The van der Waals surface area contributed by atoms with E-state index in [2.05, 4.69) is 5.32 Å². The highest BCUT2D eigenvalue weighted by molar-refractivity contribution is 5.95. The monoisotopic (exact) mass is 296 g/mol. The smallest absolute Gasteiger partial charge is 0.254 e. The van der Waals surface area contributed by atoms with Crippen LogP contribution in [0.15, 0.2) is 54.6 Å². The normalized spacial score (nSPS) is 10.1. The Bertz CT molecular complexity index is 636. The number of anilines is 1. The molecule has 0 fully saturated rings. The number of nitrogens with one attached hydrogen (secondary N) is 1. The van der Waals surface area contributed by atoms with Crippen molar-refractivity contribution in [3.8, 4) is 0 Å². The second-order valence-corrected chi connectivity index (χ2v) is 5.06. The summed E-state index contributed by atoms with van der Waals surface area (Å²) in [7, 11) is 0. The Morgan fingerprint density at radius 3 is 2.18 bits per heavy atom. The van der Waals surface area contributed by atoms with Crippen LogP contribution in [0.1, 0.15) is 29.8 Å². The summed E-state index contributed by atoms with van der Waals surface area (Å²) in [5, 5.41) is 2.69. The number of hydrogen-bond acceptors (Lipinski definition) is 2. The molecule has 0 unspecified atom stereocenters. The molecule has 1 N–H and O–H groups in total. The standard InChI is InChI=1S/C18H20N2O2/c1-3-20(13-15-7-5-4-6-8-15)18(22)16-9-11-17(12-10-16)19-14(2)21/h4-12H,3,13H2,1-2H3,(H,19,21). The highest BCUT2D eigenvalue weighted by atomic mass is 16.2. The van der Waals surface area contributed by atoms with E-state index in [9.17, 15) is 9.59 Å². The van der Waals surface area contributed by atoms with E-state index in [0.29, 0.717) is 24.3 Å². The number of rotatable bonds is 5. The van der Waals surface area contributed by atoms with Crippen molar-refractivity contribution in [3.05, 3.63) is 65.7 Å².